The molecule has 8 nitrogen and oxygen atoms in total. The minimum Gasteiger partial charge on any atom is -0.364 e. The van der Waals surface area contributed by atoms with E-state index in [2.05, 4.69) is 0 Å². The third-order valence-electron chi connectivity index (χ3n) is 3.96. The molecule has 2 amide bonds. The number of amides is 2. The first-order valence-electron chi connectivity index (χ1n) is 7.82. The zero-order chi connectivity index (χ0) is 18.6. The Labute approximate surface area is 147 Å². The molecule has 0 spiro atoms. The van der Waals surface area contributed by atoms with Crippen molar-refractivity contribution >= 4 is 21.8 Å². The summed E-state index contributed by atoms with van der Waals surface area (Å²) in [5, 5.41) is 0. The molecule has 0 atom stereocenters. The van der Waals surface area contributed by atoms with Crippen molar-refractivity contribution in [2.45, 2.75) is 11.8 Å². The van der Waals surface area contributed by atoms with Gasteiger partial charge in [0.1, 0.15) is 10.6 Å². The summed E-state index contributed by atoms with van der Waals surface area (Å²) >= 11 is 0. The van der Waals surface area contributed by atoms with Gasteiger partial charge in [-0.3, -0.25) is 9.59 Å². The van der Waals surface area contributed by atoms with Crippen LogP contribution in [-0.2, 0) is 21.9 Å². The molecule has 0 radical (unpaired) electrons. The van der Waals surface area contributed by atoms with Crippen molar-refractivity contribution in [3.05, 3.63) is 42.3 Å². The average molecular weight is 366 g/mol. The fraction of sp³-hybridized carbons (Fsp3) is 0.375. The van der Waals surface area contributed by atoms with E-state index in [-0.39, 0.29) is 29.6 Å². The Hall–Kier alpha value is -2.39. The number of aryl methyl sites for hydroxylation is 1. The summed E-state index contributed by atoms with van der Waals surface area (Å²) in [6.45, 7) is 2.88. The van der Waals surface area contributed by atoms with Crippen molar-refractivity contribution in [1.29, 1.82) is 0 Å². The highest BCUT2D eigenvalue weighted by molar-refractivity contribution is 7.89. The first kappa shape index (κ1) is 18.9. The number of nitrogens with zero attached hydrogens (tertiary/aromatic N) is 3. The van der Waals surface area contributed by atoms with E-state index in [0.29, 0.717) is 13.1 Å². The van der Waals surface area contributed by atoms with Crippen LogP contribution in [0.4, 0.5) is 0 Å². The quantitative estimate of drug-likeness (QED) is 0.589. The average Bonchev–Trinajstić information content (AvgIpc) is 2.98. The highest BCUT2D eigenvalue weighted by Crippen LogP contribution is 2.20. The highest BCUT2D eigenvalue weighted by Gasteiger charge is 2.31. The Morgan fingerprint density at radius 3 is 2.32 bits per heavy atom. The highest BCUT2D eigenvalue weighted by atomic mass is 32.2. The van der Waals surface area contributed by atoms with E-state index in [9.17, 15) is 18.0 Å². The van der Waals surface area contributed by atoms with Crippen LogP contribution in [0.15, 0.2) is 41.5 Å². The fourth-order valence-corrected chi connectivity index (χ4v) is 4.07. The molecule has 2 rings (SSSR count). The van der Waals surface area contributed by atoms with Crippen LogP contribution in [0.1, 0.15) is 17.4 Å². The van der Waals surface area contributed by atoms with Gasteiger partial charge in [0.05, 0.1) is 0 Å². The minimum atomic E-state index is -3.73. The number of primary amides is 1. The Morgan fingerprint density at radius 1 is 1.16 bits per heavy atom. The molecule has 2 N–H and O–H groups in total. The van der Waals surface area contributed by atoms with Crippen LogP contribution in [0.5, 0.6) is 0 Å². The Kier molecular flexibility index (Phi) is 5.81. The molecule has 1 aromatic heterocycles. The molecule has 1 aliphatic heterocycles. The van der Waals surface area contributed by atoms with Crippen molar-refractivity contribution in [3.8, 4) is 0 Å². The molecule has 25 heavy (non-hydrogen) atoms. The predicted octanol–water partition coefficient (Wildman–Crippen LogP) is 0.0892. The number of aromatic nitrogens is 1. The van der Waals surface area contributed by atoms with Crippen LogP contribution in [-0.4, -0.2) is 60.2 Å². The van der Waals surface area contributed by atoms with Gasteiger partial charge in [0, 0.05) is 45.5 Å². The van der Waals surface area contributed by atoms with Crippen molar-refractivity contribution in [1.82, 2.24) is 13.8 Å². The number of carbonyl (C=O) groups is 2. The molecular weight excluding hydrogens is 344 g/mol. The minimum absolute atomic E-state index is 0.0246. The molecule has 1 aromatic rings. The smallest absolute Gasteiger partial charge is 0.265 e. The summed E-state index contributed by atoms with van der Waals surface area (Å²) in [6, 6.07) is 1.27. The van der Waals surface area contributed by atoms with Gasteiger partial charge in [-0.2, -0.15) is 4.31 Å². The lowest BCUT2D eigenvalue weighted by Gasteiger charge is -2.33. The van der Waals surface area contributed by atoms with Crippen molar-refractivity contribution in [3.63, 3.8) is 0 Å². The van der Waals surface area contributed by atoms with Gasteiger partial charge in [0.2, 0.25) is 15.9 Å². The van der Waals surface area contributed by atoms with Crippen LogP contribution in [0.2, 0.25) is 0 Å². The van der Waals surface area contributed by atoms with Crippen LogP contribution < -0.4 is 5.73 Å². The molecule has 2 heterocycles. The molecule has 136 valence electrons. The first-order chi connectivity index (χ1) is 11.8. The summed E-state index contributed by atoms with van der Waals surface area (Å²) < 4.78 is 28.1. The van der Waals surface area contributed by atoms with Gasteiger partial charge in [-0.05, 0) is 13.0 Å². The Balaban J connectivity index is 2.08. The molecule has 1 fully saturated rings. The Morgan fingerprint density at radius 2 is 1.80 bits per heavy atom. The van der Waals surface area contributed by atoms with Crippen molar-refractivity contribution < 1.29 is 18.0 Å². The number of sulfonamides is 1. The van der Waals surface area contributed by atoms with E-state index >= 15 is 0 Å². The Bertz CT molecular complexity index is 815. The topological polar surface area (TPSA) is 106 Å². The number of rotatable bonds is 5. The summed E-state index contributed by atoms with van der Waals surface area (Å²) in [5.41, 5.74) is 5.35. The SMILES string of the molecule is C/C=C/C=C/C(=O)N1CCN(S(=O)(=O)c2cc(C(N)=O)n(C)c2)CC1. The number of hydrogen-bond donors (Lipinski definition) is 1. The van der Waals surface area contributed by atoms with Crippen molar-refractivity contribution in [2.75, 3.05) is 26.2 Å². The lowest BCUT2D eigenvalue weighted by atomic mass is 10.3. The zero-order valence-corrected chi connectivity index (χ0v) is 15.1. The van der Waals surface area contributed by atoms with E-state index in [1.165, 1.54) is 27.2 Å². The van der Waals surface area contributed by atoms with Gasteiger partial charge in [0.25, 0.3) is 5.91 Å². The van der Waals surface area contributed by atoms with Crippen LogP contribution >= 0.6 is 0 Å². The predicted molar refractivity (Wildman–Crippen MR) is 93.2 cm³/mol. The van der Waals surface area contributed by atoms with Gasteiger partial charge in [-0.25, -0.2) is 8.42 Å². The van der Waals surface area contributed by atoms with Crippen LogP contribution in [0, 0.1) is 0 Å². The molecular formula is C16H22N4O4S. The summed E-state index contributed by atoms with van der Waals surface area (Å²) in [7, 11) is -2.17. The number of nitrogens with two attached hydrogens (primary N) is 1. The number of piperazine rings is 1. The zero-order valence-electron chi connectivity index (χ0n) is 14.3. The summed E-state index contributed by atoms with van der Waals surface area (Å²) in [5.74, 6) is -0.835. The first-order valence-corrected chi connectivity index (χ1v) is 9.26. The van der Waals surface area contributed by atoms with Gasteiger partial charge < -0.3 is 15.2 Å². The molecule has 0 aromatic carbocycles. The molecule has 0 saturated carbocycles. The van der Waals surface area contributed by atoms with Gasteiger partial charge in [-0.15, -0.1) is 0 Å². The lowest BCUT2D eigenvalue weighted by Crippen LogP contribution is -2.50. The van der Waals surface area contributed by atoms with E-state index in [1.54, 1.807) is 24.1 Å². The molecule has 9 heteroatoms. The maximum atomic E-state index is 12.7. The molecule has 0 bridgehead atoms. The summed E-state index contributed by atoms with van der Waals surface area (Å²) in [4.78, 5) is 24.9. The second kappa shape index (κ2) is 7.66. The number of allylic oxidation sites excluding steroid dienone is 3. The maximum absolute atomic E-state index is 12.7. The lowest BCUT2D eigenvalue weighted by molar-refractivity contribution is -0.127. The third-order valence-corrected chi connectivity index (χ3v) is 5.83. The fourth-order valence-electron chi connectivity index (χ4n) is 2.57. The van der Waals surface area contributed by atoms with Crippen LogP contribution in [0.3, 0.4) is 0 Å². The van der Waals surface area contributed by atoms with Gasteiger partial charge >= 0.3 is 0 Å². The molecule has 0 aliphatic carbocycles. The maximum Gasteiger partial charge on any atom is 0.265 e. The second-order valence-corrected chi connectivity index (χ2v) is 7.59. The monoisotopic (exact) mass is 366 g/mol. The van der Waals surface area contributed by atoms with E-state index in [0.717, 1.165) is 0 Å². The normalized spacial score (nSPS) is 16.8. The molecule has 1 saturated heterocycles. The van der Waals surface area contributed by atoms with E-state index < -0.39 is 15.9 Å². The third kappa shape index (κ3) is 4.18. The van der Waals surface area contributed by atoms with E-state index in [1.807, 2.05) is 13.0 Å². The van der Waals surface area contributed by atoms with Gasteiger partial charge in [0.15, 0.2) is 0 Å². The molecule has 0 unspecified atom stereocenters. The molecule has 1 aliphatic rings. The number of hydrogen-bond acceptors (Lipinski definition) is 4. The largest absolute Gasteiger partial charge is 0.364 e. The van der Waals surface area contributed by atoms with E-state index in [4.69, 9.17) is 5.73 Å². The standard InChI is InChI=1S/C16H22N4O4S/c1-3-4-5-6-15(21)19-7-9-20(10-8-19)25(23,24)13-11-14(16(17)22)18(2)12-13/h3-6,11-12H,7-10H2,1-2H3,(H2,17,22)/b4-3+,6-5+. The van der Waals surface area contributed by atoms with Crippen LogP contribution in [0.25, 0.3) is 0 Å². The second-order valence-electron chi connectivity index (χ2n) is 5.65. The van der Waals surface area contributed by atoms with Crippen molar-refractivity contribution in [2.24, 2.45) is 12.8 Å². The summed E-state index contributed by atoms with van der Waals surface area (Å²) in [6.07, 6.45) is 8.05. The number of carbonyl (C=O) groups excluding carboxylic acids is 2. The van der Waals surface area contributed by atoms with Gasteiger partial charge in [-0.1, -0.05) is 18.2 Å².